The third-order valence-electron chi connectivity index (χ3n) is 7.10. The molecule has 0 aromatic heterocycles. The highest BCUT2D eigenvalue weighted by Crippen LogP contribution is 2.69. The molecular formula is C19H31NO3. The van der Waals surface area contributed by atoms with Crippen molar-refractivity contribution in [1.82, 2.24) is 4.90 Å². The third-order valence-corrected chi connectivity index (χ3v) is 7.10. The zero-order chi connectivity index (χ0) is 16.5. The van der Waals surface area contributed by atoms with Crippen molar-refractivity contribution in [2.75, 3.05) is 19.8 Å². The summed E-state index contributed by atoms with van der Waals surface area (Å²) in [5, 5.41) is 10.2. The van der Waals surface area contributed by atoms with Crippen molar-refractivity contribution < 1.29 is 14.6 Å². The second-order valence-electron chi connectivity index (χ2n) is 9.67. The number of likely N-dealkylation sites (N-methyl/N-ethyl adjacent to an activating group) is 1. The van der Waals surface area contributed by atoms with Gasteiger partial charge in [0.05, 0.1) is 30.8 Å². The number of amides is 1. The molecule has 4 saturated carbocycles. The van der Waals surface area contributed by atoms with Crippen molar-refractivity contribution in [2.24, 2.45) is 22.2 Å². The maximum absolute atomic E-state index is 13.6. The van der Waals surface area contributed by atoms with Gasteiger partial charge in [-0.25, -0.2) is 0 Å². The van der Waals surface area contributed by atoms with Gasteiger partial charge in [-0.15, -0.1) is 0 Å². The van der Waals surface area contributed by atoms with Crippen molar-refractivity contribution in [1.29, 1.82) is 0 Å². The first-order valence-corrected chi connectivity index (χ1v) is 9.35. The Morgan fingerprint density at radius 3 is 2.26 bits per heavy atom. The molecule has 0 radical (unpaired) electrons. The summed E-state index contributed by atoms with van der Waals surface area (Å²) in [6.07, 6.45) is 6.52. The van der Waals surface area contributed by atoms with E-state index >= 15 is 0 Å². The first-order chi connectivity index (χ1) is 10.8. The lowest BCUT2D eigenvalue weighted by molar-refractivity contribution is -0.182. The van der Waals surface area contributed by atoms with Crippen molar-refractivity contribution in [2.45, 2.75) is 71.4 Å². The van der Waals surface area contributed by atoms with Crippen LogP contribution in [0.3, 0.4) is 0 Å². The van der Waals surface area contributed by atoms with Gasteiger partial charge >= 0.3 is 0 Å². The van der Waals surface area contributed by atoms with Crippen LogP contribution in [0.1, 0.15) is 59.3 Å². The van der Waals surface area contributed by atoms with Crippen LogP contribution in [-0.2, 0) is 9.53 Å². The molecule has 1 amide bonds. The Morgan fingerprint density at radius 1 is 1.13 bits per heavy atom. The minimum atomic E-state index is -0.529. The zero-order valence-electron chi connectivity index (χ0n) is 14.8. The Bertz CT molecular complexity index is 501. The van der Waals surface area contributed by atoms with Crippen LogP contribution in [-0.4, -0.2) is 47.8 Å². The molecule has 1 saturated heterocycles. The Hall–Kier alpha value is -0.610. The number of rotatable bonds is 3. The summed E-state index contributed by atoms with van der Waals surface area (Å²) >= 11 is 0. The second kappa shape index (κ2) is 4.95. The van der Waals surface area contributed by atoms with E-state index in [0.717, 1.165) is 19.3 Å². The van der Waals surface area contributed by atoms with Crippen molar-refractivity contribution in [3.05, 3.63) is 0 Å². The van der Waals surface area contributed by atoms with Gasteiger partial charge in [-0.3, -0.25) is 4.79 Å². The lowest BCUT2D eigenvalue weighted by Gasteiger charge is -2.65. The average molecular weight is 321 g/mol. The normalized spacial score (nSPS) is 51.2. The lowest BCUT2D eigenvalue weighted by Crippen LogP contribution is -2.62. The highest BCUT2D eigenvalue weighted by Gasteiger charge is 2.63. The fourth-order valence-electron chi connectivity index (χ4n) is 7.35. The van der Waals surface area contributed by atoms with Crippen LogP contribution in [0.2, 0.25) is 0 Å². The van der Waals surface area contributed by atoms with Gasteiger partial charge in [0.15, 0.2) is 0 Å². The van der Waals surface area contributed by atoms with Gasteiger partial charge in [0.1, 0.15) is 0 Å². The largest absolute Gasteiger partial charge is 0.388 e. The highest BCUT2D eigenvalue weighted by atomic mass is 16.5. The maximum Gasteiger partial charge on any atom is 0.229 e. The summed E-state index contributed by atoms with van der Waals surface area (Å²) in [5.41, 5.74) is 0.503. The summed E-state index contributed by atoms with van der Waals surface area (Å²) in [4.78, 5) is 15.5. The van der Waals surface area contributed by atoms with Crippen LogP contribution in [0.5, 0.6) is 0 Å². The van der Waals surface area contributed by atoms with E-state index in [2.05, 4.69) is 13.8 Å². The molecule has 1 aliphatic heterocycles. The number of ether oxygens (including phenoxy) is 1. The molecule has 2 unspecified atom stereocenters. The van der Waals surface area contributed by atoms with Gasteiger partial charge in [-0.05, 0) is 62.2 Å². The quantitative estimate of drug-likeness (QED) is 0.869. The third kappa shape index (κ3) is 2.36. The van der Waals surface area contributed by atoms with Crippen LogP contribution in [0.4, 0.5) is 0 Å². The Morgan fingerprint density at radius 2 is 1.78 bits per heavy atom. The number of aliphatic hydroxyl groups excluding tert-OH is 1. The zero-order valence-corrected chi connectivity index (χ0v) is 14.8. The van der Waals surface area contributed by atoms with Crippen LogP contribution in [0.25, 0.3) is 0 Å². The molecular weight excluding hydrogens is 290 g/mol. The van der Waals surface area contributed by atoms with Gasteiger partial charge in [-0.1, -0.05) is 13.8 Å². The maximum atomic E-state index is 13.6. The molecule has 130 valence electrons. The van der Waals surface area contributed by atoms with E-state index in [4.69, 9.17) is 4.74 Å². The number of carbonyl (C=O) groups is 1. The minimum absolute atomic E-state index is 0.152. The minimum Gasteiger partial charge on any atom is -0.388 e. The molecule has 1 N–H and O–H groups in total. The van der Waals surface area contributed by atoms with Gasteiger partial charge < -0.3 is 14.7 Å². The molecule has 4 aliphatic carbocycles. The van der Waals surface area contributed by atoms with Gasteiger partial charge in [0.2, 0.25) is 5.91 Å². The van der Waals surface area contributed by atoms with Crippen LogP contribution in [0, 0.1) is 22.2 Å². The highest BCUT2D eigenvalue weighted by molar-refractivity contribution is 5.84. The van der Waals surface area contributed by atoms with Crippen molar-refractivity contribution in [3.8, 4) is 0 Å². The predicted molar refractivity (Wildman–Crippen MR) is 87.8 cm³/mol. The molecule has 0 aromatic rings. The molecule has 4 heteroatoms. The molecule has 5 fully saturated rings. The standard InChI is InChI=1S/C19H31NO3/c1-4-20(14-8-23-9-15(14)21)16(22)19-7-13-5-17(2,11-19)10-18(3,6-13)12-19/h13-15,21H,4-12H2,1-3H3/t13?,14-,15-,17-,18+,19?/m0/s1. The van der Waals surface area contributed by atoms with Gasteiger partial charge in [0.25, 0.3) is 0 Å². The molecule has 1 heterocycles. The molecule has 0 spiro atoms. The molecule has 5 rings (SSSR count). The number of nitrogens with zero attached hydrogens (tertiary/aromatic N) is 1. The first-order valence-electron chi connectivity index (χ1n) is 9.35. The van der Waals surface area contributed by atoms with E-state index in [-0.39, 0.29) is 11.5 Å². The number of aliphatic hydroxyl groups is 1. The molecule has 0 aromatic carbocycles. The Labute approximate surface area is 139 Å². The first kappa shape index (κ1) is 15.9. The lowest BCUT2D eigenvalue weighted by atomic mass is 9.40. The molecule has 4 bridgehead atoms. The number of hydrogen-bond donors (Lipinski definition) is 1. The van der Waals surface area contributed by atoms with E-state index in [9.17, 15) is 9.90 Å². The summed E-state index contributed by atoms with van der Waals surface area (Å²) in [6.45, 7) is 8.36. The smallest absolute Gasteiger partial charge is 0.229 e. The van der Waals surface area contributed by atoms with Crippen LogP contribution in [0.15, 0.2) is 0 Å². The Balaban J connectivity index is 1.64. The van der Waals surface area contributed by atoms with E-state index in [0.29, 0.717) is 42.4 Å². The summed E-state index contributed by atoms with van der Waals surface area (Å²) in [6, 6.07) is -0.152. The SMILES string of the molecule is CCN(C(=O)C12CC3C[C@@](C)(C1)C[C@](C)(C3)C2)[C@H]1COC[C@@H]1O. The molecule has 23 heavy (non-hydrogen) atoms. The van der Waals surface area contributed by atoms with E-state index < -0.39 is 6.10 Å². The number of carbonyl (C=O) groups excluding carboxylic acids is 1. The Kier molecular flexibility index (Phi) is 3.42. The molecule has 4 nitrogen and oxygen atoms in total. The van der Waals surface area contributed by atoms with Gasteiger partial charge in [0, 0.05) is 6.54 Å². The summed E-state index contributed by atoms with van der Waals surface area (Å²) < 4.78 is 5.42. The molecule has 5 aliphatic rings. The van der Waals surface area contributed by atoms with Crippen LogP contribution < -0.4 is 0 Å². The van der Waals surface area contributed by atoms with Crippen LogP contribution >= 0.6 is 0 Å². The van der Waals surface area contributed by atoms with E-state index in [1.54, 1.807) is 0 Å². The summed E-state index contributed by atoms with van der Waals surface area (Å²) in [7, 11) is 0. The fourth-order valence-corrected chi connectivity index (χ4v) is 7.35. The van der Waals surface area contributed by atoms with Gasteiger partial charge in [-0.2, -0.15) is 0 Å². The monoisotopic (exact) mass is 321 g/mol. The van der Waals surface area contributed by atoms with E-state index in [1.165, 1.54) is 19.3 Å². The predicted octanol–water partition coefficient (Wildman–Crippen LogP) is 2.59. The topological polar surface area (TPSA) is 49.8 Å². The number of hydrogen-bond acceptors (Lipinski definition) is 3. The van der Waals surface area contributed by atoms with Crippen molar-refractivity contribution >= 4 is 5.91 Å². The average Bonchev–Trinajstić information content (AvgIpc) is 2.82. The second-order valence-corrected chi connectivity index (χ2v) is 9.67. The van der Waals surface area contributed by atoms with E-state index in [1.807, 2.05) is 11.8 Å². The fraction of sp³-hybridized carbons (Fsp3) is 0.947. The van der Waals surface area contributed by atoms with Crippen molar-refractivity contribution in [3.63, 3.8) is 0 Å². The molecule has 6 atom stereocenters. The summed E-state index contributed by atoms with van der Waals surface area (Å²) in [5.74, 6) is 1.02.